The Morgan fingerprint density at radius 2 is 1.66 bits per heavy atom. The van der Waals surface area contributed by atoms with Crippen LogP contribution in [0.1, 0.15) is 52.5 Å². The van der Waals surface area contributed by atoms with E-state index in [2.05, 4.69) is 6.92 Å². The summed E-state index contributed by atoms with van der Waals surface area (Å²) in [5.41, 5.74) is 0.962. The molecular weight excluding hydrogens is 412 g/mol. The minimum absolute atomic E-state index is 0.0395. The minimum atomic E-state index is -0.514. The molecule has 5 atom stereocenters. The first-order valence-corrected chi connectivity index (χ1v) is 11.1. The fourth-order valence-corrected chi connectivity index (χ4v) is 3.74. The monoisotopic (exact) mass is 446 g/mol. The maximum Gasteiger partial charge on any atom is 0.306 e. The third-order valence-electron chi connectivity index (χ3n) is 5.70. The Morgan fingerprint density at radius 1 is 0.938 bits per heavy atom. The van der Waals surface area contributed by atoms with Crippen LogP contribution in [0.5, 0.6) is 0 Å². The first-order valence-electron chi connectivity index (χ1n) is 11.1. The molecule has 1 fully saturated rings. The van der Waals surface area contributed by atoms with E-state index in [0.29, 0.717) is 19.3 Å². The van der Waals surface area contributed by atoms with Crippen molar-refractivity contribution in [2.24, 2.45) is 11.8 Å². The summed E-state index contributed by atoms with van der Waals surface area (Å²) in [6.07, 6.45) is 4.38. The Morgan fingerprint density at radius 3 is 2.31 bits per heavy atom. The lowest BCUT2D eigenvalue weighted by molar-refractivity contribution is -0.204. The van der Waals surface area contributed by atoms with Gasteiger partial charge in [0.15, 0.2) is 0 Å². The van der Waals surface area contributed by atoms with Crippen LogP contribution in [-0.2, 0) is 39.9 Å². The number of hydrogen-bond donors (Lipinski definition) is 0. The number of hydrogen-bond acceptors (Lipinski definition) is 7. The SMILES string of the molecule is CC(=O)OCC1O[C@@H](CC=CCCC(=O)OCc2ccccc2)C(C)[C@@H](C)[C@H]1OC(C)=O. The quantitative estimate of drug-likeness (QED) is 0.305. The van der Waals surface area contributed by atoms with Gasteiger partial charge in [0.2, 0.25) is 0 Å². The molecule has 0 saturated carbocycles. The Bertz CT molecular complexity index is 774. The number of carbonyl (C=O) groups is 3. The van der Waals surface area contributed by atoms with Crippen molar-refractivity contribution < 1.29 is 33.3 Å². The number of rotatable bonds is 10. The van der Waals surface area contributed by atoms with Crippen molar-refractivity contribution in [1.29, 1.82) is 0 Å². The molecule has 1 aliphatic heterocycles. The predicted octanol–water partition coefficient (Wildman–Crippen LogP) is 3.99. The summed E-state index contributed by atoms with van der Waals surface area (Å²) in [7, 11) is 0. The minimum Gasteiger partial charge on any atom is -0.463 e. The van der Waals surface area contributed by atoms with Gasteiger partial charge in [0.25, 0.3) is 0 Å². The summed E-state index contributed by atoms with van der Waals surface area (Å²) >= 11 is 0. The van der Waals surface area contributed by atoms with Gasteiger partial charge in [0, 0.05) is 26.2 Å². The van der Waals surface area contributed by atoms with E-state index >= 15 is 0 Å². The molecule has 0 amide bonds. The van der Waals surface area contributed by atoms with E-state index in [0.717, 1.165) is 5.56 Å². The molecule has 1 aromatic carbocycles. The molecule has 0 bridgehead atoms. The average Bonchev–Trinajstić information content (AvgIpc) is 2.76. The largest absolute Gasteiger partial charge is 0.463 e. The molecule has 2 unspecified atom stereocenters. The third kappa shape index (κ3) is 8.46. The zero-order chi connectivity index (χ0) is 23.5. The maximum absolute atomic E-state index is 11.9. The highest BCUT2D eigenvalue weighted by atomic mass is 16.6. The molecule has 2 rings (SSSR count). The number of carbonyl (C=O) groups excluding carboxylic acids is 3. The number of ether oxygens (including phenoxy) is 4. The predicted molar refractivity (Wildman–Crippen MR) is 118 cm³/mol. The Hall–Kier alpha value is -2.67. The molecular formula is C25H34O7. The van der Waals surface area contributed by atoms with Crippen molar-refractivity contribution in [3.8, 4) is 0 Å². The number of allylic oxidation sites excluding steroid dienone is 1. The smallest absolute Gasteiger partial charge is 0.306 e. The van der Waals surface area contributed by atoms with Gasteiger partial charge >= 0.3 is 17.9 Å². The highest BCUT2D eigenvalue weighted by Crippen LogP contribution is 2.34. The summed E-state index contributed by atoms with van der Waals surface area (Å²) in [5.74, 6) is -0.854. The number of benzene rings is 1. The van der Waals surface area contributed by atoms with Crippen molar-refractivity contribution >= 4 is 17.9 Å². The van der Waals surface area contributed by atoms with Gasteiger partial charge in [0.1, 0.15) is 25.4 Å². The summed E-state index contributed by atoms with van der Waals surface area (Å²) in [5, 5.41) is 0. The van der Waals surface area contributed by atoms with Crippen LogP contribution in [0.2, 0.25) is 0 Å². The van der Waals surface area contributed by atoms with E-state index < -0.39 is 18.2 Å². The Labute approximate surface area is 190 Å². The second-order valence-electron chi connectivity index (χ2n) is 8.20. The van der Waals surface area contributed by atoms with Gasteiger partial charge in [-0.2, -0.15) is 0 Å². The third-order valence-corrected chi connectivity index (χ3v) is 5.70. The molecule has 1 heterocycles. The molecule has 1 saturated heterocycles. The van der Waals surface area contributed by atoms with Crippen LogP contribution in [-0.4, -0.2) is 42.8 Å². The standard InChI is InChI=1S/C25H34O7/c1-17-18(2)25(31-20(4)27)23(16-29-19(3)26)32-22(17)13-9-6-10-14-24(28)30-15-21-11-7-5-8-12-21/h5-9,11-12,17-18,22-23,25H,10,13-16H2,1-4H3/t17?,18-,22+,23?,25-/m1/s1. The molecule has 1 aromatic rings. The number of esters is 3. The zero-order valence-corrected chi connectivity index (χ0v) is 19.3. The first kappa shape index (κ1) is 25.6. The van der Waals surface area contributed by atoms with Crippen molar-refractivity contribution in [3.05, 3.63) is 48.0 Å². The van der Waals surface area contributed by atoms with E-state index in [-0.39, 0.29) is 43.1 Å². The van der Waals surface area contributed by atoms with Crippen molar-refractivity contribution in [1.82, 2.24) is 0 Å². The van der Waals surface area contributed by atoms with Crippen LogP contribution in [0.15, 0.2) is 42.5 Å². The topological polar surface area (TPSA) is 88.1 Å². The second-order valence-corrected chi connectivity index (χ2v) is 8.20. The maximum atomic E-state index is 11.9. The van der Waals surface area contributed by atoms with Crippen LogP contribution in [0, 0.1) is 11.8 Å². The lowest BCUT2D eigenvalue weighted by Gasteiger charge is -2.43. The van der Waals surface area contributed by atoms with Gasteiger partial charge < -0.3 is 18.9 Å². The fraction of sp³-hybridized carbons (Fsp3) is 0.560. The zero-order valence-electron chi connectivity index (χ0n) is 19.3. The molecule has 0 aromatic heterocycles. The lowest BCUT2D eigenvalue weighted by Crippen LogP contribution is -2.52. The highest BCUT2D eigenvalue weighted by Gasteiger charge is 2.43. The van der Waals surface area contributed by atoms with Crippen LogP contribution in [0.3, 0.4) is 0 Å². The molecule has 0 spiro atoms. The van der Waals surface area contributed by atoms with Crippen LogP contribution >= 0.6 is 0 Å². The van der Waals surface area contributed by atoms with E-state index in [1.165, 1.54) is 13.8 Å². The van der Waals surface area contributed by atoms with E-state index in [1.807, 2.05) is 49.4 Å². The molecule has 32 heavy (non-hydrogen) atoms. The normalized spacial score (nSPS) is 25.3. The molecule has 7 nitrogen and oxygen atoms in total. The second kappa shape index (κ2) is 13.0. The van der Waals surface area contributed by atoms with Crippen molar-refractivity contribution in [2.75, 3.05) is 6.61 Å². The van der Waals surface area contributed by atoms with Gasteiger partial charge in [-0.3, -0.25) is 14.4 Å². The summed E-state index contributed by atoms with van der Waals surface area (Å²) in [6, 6.07) is 9.57. The van der Waals surface area contributed by atoms with Gasteiger partial charge in [-0.15, -0.1) is 0 Å². The van der Waals surface area contributed by atoms with Gasteiger partial charge in [-0.1, -0.05) is 56.3 Å². The van der Waals surface area contributed by atoms with Crippen LogP contribution in [0.25, 0.3) is 0 Å². The fourth-order valence-electron chi connectivity index (χ4n) is 3.74. The summed E-state index contributed by atoms with van der Waals surface area (Å²) in [4.78, 5) is 34.7. The van der Waals surface area contributed by atoms with Gasteiger partial charge in [0.05, 0.1) is 6.10 Å². The van der Waals surface area contributed by atoms with E-state index in [4.69, 9.17) is 18.9 Å². The molecule has 1 aliphatic rings. The molecule has 0 aliphatic carbocycles. The summed E-state index contributed by atoms with van der Waals surface area (Å²) in [6.45, 7) is 7.09. The molecule has 176 valence electrons. The van der Waals surface area contributed by atoms with E-state index in [1.54, 1.807) is 0 Å². The molecule has 7 heteroatoms. The van der Waals surface area contributed by atoms with Crippen LogP contribution < -0.4 is 0 Å². The Kier molecular flexibility index (Phi) is 10.4. The lowest BCUT2D eigenvalue weighted by atomic mass is 9.80. The van der Waals surface area contributed by atoms with Gasteiger partial charge in [-0.25, -0.2) is 0 Å². The van der Waals surface area contributed by atoms with Gasteiger partial charge in [-0.05, 0) is 24.3 Å². The van der Waals surface area contributed by atoms with Crippen molar-refractivity contribution in [2.45, 2.75) is 71.9 Å². The first-order chi connectivity index (χ1) is 15.3. The van der Waals surface area contributed by atoms with Crippen LogP contribution in [0.4, 0.5) is 0 Å². The average molecular weight is 447 g/mol. The Balaban J connectivity index is 1.81. The summed E-state index contributed by atoms with van der Waals surface area (Å²) < 4.78 is 22.0. The highest BCUT2D eigenvalue weighted by molar-refractivity contribution is 5.69. The van der Waals surface area contributed by atoms with E-state index in [9.17, 15) is 14.4 Å². The van der Waals surface area contributed by atoms with Crippen molar-refractivity contribution in [3.63, 3.8) is 0 Å². The molecule has 0 N–H and O–H groups in total. The molecule has 0 radical (unpaired) electrons.